The summed E-state index contributed by atoms with van der Waals surface area (Å²) in [5.74, 6) is 0.105. The first kappa shape index (κ1) is 13.7. The van der Waals surface area contributed by atoms with E-state index in [4.69, 9.17) is 4.74 Å². The van der Waals surface area contributed by atoms with Crippen molar-refractivity contribution in [2.45, 2.75) is 50.7 Å². The topological polar surface area (TPSA) is 41.6 Å². The van der Waals surface area contributed by atoms with Crippen molar-refractivity contribution < 1.29 is 18.3 Å². The molecule has 1 spiro atoms. The summed E-state index contributed by atoms with van der Waals surface area (Å²) in [7, 11) is 0. The Balaban J connectivity index is 1.83. The minimum Gasteiger partial charge on any atom is -0.374 e. The van der Waals surface area contributed by atoms with E-state index in [1.54, 1.807) is 4.90 Å². The van der Waals surface area contributed by atoms with Gasteiger partial charge in [-0.2, -0.15) is 0 Å². The van der Waals surface area contributed by atoms with Crippen LogP contribution in [0, 0.1) is 0 Å². The van der Waals surface area contributed by atoms with Gasteiger partial charge in [0.15, 0.2) is 0 Å². The minimum absolute atomic E-state index is 0.0363. The highest BCUT2D eigenvalue weighted by Crippen LogP contribution is 2.36. The summed E-state index contributed by atoms with van der Waals surface area (Å²) in [6.07, 6.45) is 1.42. The standard InChI is InChI=1S/C12H20F2N2O2/c1-9-15-12(4-2-3-5-12)11(17)16(9)6-7-18-8-10(13)14/h9-10,15H,2-8H2,1H3. The molecule has 2 rings (SSSR count). The quantitative estimate of drug-likeness (QED) is 0.761. The molecule has 1 atom stereocenters. The SMILES string of the molecule is CC1NC2(CCCC2)C(=O)N1CCOCC(F)F. The van der Waals surface area contributed by atoms with Crippen LogP contribution in [0.5, 0.6) is 0 Å². The highest BCUT2D eigenvalue weighted by atomic mass is 19.3. The van der Waals surface area contributed by atoms with Gasteiger partial charge < -0.3 is 9.64 Å². The Bertz CT molecular complexity index is 306. The van der Waals surface area contributed by atoms with Crippen molar-refractivity contribution in [3.8, 4) is 0 Å². The third-order valence-electron chi connectivity index (χ3n) is 3.80. The van der Waals surface area contributed by atoms with Crippen molar-refractivity contribution in [1.29, 1.82) is 0 Å². The van der Waals surface area contributed by atoms with Crippen LogP contribution in [0.2, 0.25) is 0 Å². The van der Waals surface area contributed by atoms with Crippen LogP contribution in [-0.2, 0) is 9.53 Å². The molecule has 6 heteroatoms. The first-order valence-electron chi connectivity index (χ1n) is 6.50. The summed E-state index contributed by atoms with van der Waals surface area (Å²) < 4.78 is 28.7. The summed E-state index contributed by atoms with van der Waals surface area (Å²) in [6, 6.07) is 0. The lowest BCUT2D eigenvalue weighted by atomic mass is 9.98. The van der Waals surface area contributed by atoms with Crippen LogP contribution in [0.3, 0.4) is 0 Å². The van der Waals surface area contributed by atoms with Crippen LogP contribution in [0.15, 0.2) is 0 Å². The Hall–Kier alpha value is -0.750. The van der Waals surface area contributed by atoms with Gasteiger partial charge >= 0.3 is 0 Å². The van der Waals surface area contributed by atoms with E-state index < -0.39 is 13.0 Å². The van der Waals surface area contributed by atoms with Crippen LogP contribution in [0.4, 0.5) is 8.78 Å². The first-order valence-corrected chi connectivity index (χ1v) is 6.50. The van der Waals surface area contributed by atoms with Gasteiger partial charge in [-0.25, -0.2) is 8.78 Å². The zero-order valence-corrected chi connectivity index (χ0v) is 10.6. The molecule has 1 aliphatic heterocycles. The van der Waals surface area contributed by atoms with E-state index in [0.29, 0.717) is 6.54 Å². The Morgan fingerprint density at radius 1 is 1.50 bits per heavy atom. The fourth-order valence-electron chi connectivity index (χ4n) is 2.96. The molecule has 1 unspecified atom stereocenters. The molecule has 0 radical (unpaired) electrons. The highest BCUT2D eigenvalue weighted by molar-refractivity contribution is 5.89. The molecule has 1 aliphatic carbocycles. The van der Waals surface area contributed by atoms with Crippen molar-refractivity contribution in [2.24, 2.45) is 0 Å². The Morgan fingerprint density at radius 2 is 2.17 bits per heavy atom. The van der Waals surface area contributed by atoms with E-state index in [1.165, 1.54) is 0 Å². The average Bonchev–Trinajstić information content (AvgIpc) is 2.85. The van der Waals surface area contributed by atoms with Crippen molar-refractivity contribution in [1.82, 2.24) is 10.2 Å². The predicted molar refractivity (Wildman–Crippen MR) is 62.3 cm³/mol. The summed E-state index contributed by atoms with van der Waals surface area (Å²) in [5.41, 5.74) is -0.387. The molecule has 1 amide bonds. The second kappa shape index (κ2) is 5.48. The smallest absolute Gasteiger partial charge is 0.261 e. The molecule has 0 aromatic rings. The van der Waals surface area contributed by atoms with Gasteiger partial charge in [0.25, 0.3) is 6.43 Å². The number of rotatable bonds is 5. The molecule has 2 aliphatic rings. The molecule has 104 valence electrons. The van der Waals surface area contributed by atoms with Gasteiger partial charge in [0.05, 0.1) is 18.3 Å². The van der Waals surface area contributed by atoms with Gasteiger partial charge in [-0.15, -0.1) is 0 Å². The molecule has 4 nitrogen and oxygen atoms in total. The number of hydrogen-bond donors (Lipinski definition) is 1. The van der Waals surface area contributed by atoms with Gasteiger partial charge in [-0.05, 0) is 19.8 Å². The molecule has 1 N–H and O–H groups in total. The van der Waals surface area contributed by atoms with Crippen molar-refractivity contribution in [3.05, 3.63) is 0 Å². The maximum absolute atomic E-state index is 12.3. The van der Waals surface area contributed by atoms with E-state index >= 15 is 0 Å². The monoisotopic (exact) mass is 262 g/mol. The number of nitrogens with one attached hydrogen (secondary N) is 1. The molecule has 1 heterocycles. The first-order chi connectivity index (χ1) is 8.55. The summed E-state index contributed by atoms with van der Waals surface area (Å²) in [4.78, 5) is 14.0. The predicted octanol–water partition coefficient (Wildman–Crippen LogP) is 1.36. The number of nitrogens with zero attached hydrogens (tertiary/aromatic N) is 1. The van der Waals surface area contributed by atoms with Gasteiger partial charge in [0.2, 0.25) is 5.91 Å². The highest BCUT2D eigenvalue weighted by Gasteiger charge is 2.50. The zero-order chi connectivity index (χ0) is 13.2. The van der Waals surface area contributed by atoms with Gasteiger partial charge in [0.1, 0.15) is 6.61 Å². The van der Waals surface area contributed by atoms with Crippen LogP contribution in [0.1, 0.15) is 32.6 Å². The maximum atomic E-state index is 12.3. The fourth-order valence-corrected chi connectivity index (χ4v) is 2.96. The van der Waals surface area contributed by atoms with E-state index in [2.05, 4.69) is 5.32 Å². The second-order valence-electron chi connectivity index (χ2n) is 5.07. The van der Waals surface area contributed by atoms with Crippen molar-refractivity contribution >= 4 is 5.91 Å². The molecule has 1 saturated carbocycles. The van der Waals surface area contributed by atoms with Crippen LogP contribution >= 0.6 is 0 Å². The third kappa shape index (κ3) is 2.64. The molecule has 2 fully saturated rings. The summed E-state index contributed by atoms with van der Waals surface area (Å²) in [5, 5.41) is 3.35. The van der Waals surface area contributed by atoms with Gasteiger partial charge in [-0.3, -0.25) is 10.1 Å². The molecule has 0 bridgehead atoms. The van der Waals surface area contributed by atoms with E-state index in [9.17, 15) is 13.6 Å². The molecule has 18 heavy (non-hydrogen) atoms. The number of amides is 1. The number of ether oxygens (including phenoxy) is 1. The number of halogens is 2. The Kier molecular flexibility index (Phi) is 4.17. The molecular formula is C12H20F2N2O2. The van der Waals surface area contributed by atoms with Gasteiger partial charge in [0, 0.05) is 6.54 Å². The van der Waals surface area contributed by atoms with E-state index in [-0.39, 0.29) is 24.2 Å². The third-order valence-corrected chi connectivity index (χ3v) is 3.80. The van der Waals surface area contributed by atoms with Crippen LogP contribution in [0.25, 0.3) is 0 Å². The lowest BCUT2D eigenvalue weighted by Gasteiger charge is -2.22. The molecule has 0 aromatic heterocycles. The minimum atomic E-state index is -2.45. The van der Waals surface area contributed by atoms with Gasteiger partial charge in [-0.1, -0.05) is 12.8 Å². The normalized spacial score (nSPS) is 26.8. The number of hydrogen-bond acceptors (Lipinski definition) is 3. The molecular weight excluding hydrogens is 242 g/mol. The Labute approximate surface area is 106 Å². The molecule has 1 saturated heterocycles. The lowest BCUT2D eigenvalue weighted by molar-refractivity contribution is -0.133. The van der Waals surface area contributed by atoms with Crippen LogP contribution < -0.4 is 5.32 Å². The fraction of sp³-hybridized carbons (Fsp3) is 0.917. The Morgan fingerprint density at radius 3 is 2.78 bits per heavy atom. The van der Waals surface area contributed by atoms with E-state index in [1.807, 2.05) is 6.92 Å². The average molecular weight is 262 g/mol. The zero-order valence-electron chi connectivity index (χ0n) is 10.6. The number of alkyl halides is 2. The summed E-state index contributed by atoms with van der Waals surface area (Å²) in [6.45, 7) is 1.91. The number of carbonyl (C=O) groups excluding carboxylic acids is 1. The maximum Gasteiger partial charge on any atom is 0.261 e. The second-order valence-corrected chi connectivity index (χ2v) is 5.07. The summed E-state index contributed by atoms with van der Waals surface area (Å²) >= 11 is 0. The van der Waals surface area contributed by atoms with Crippen molar-refractivity contribution in [2.75, 3.05) is 19.8 Å². The lowest BCUT2D eigenvalue weighted by Crippen LogP contribution is -2.44. The van der Waals surface area contributed by atoms with Crippen molar-refractivity contribution in [3.63, 3.8) is 0 Å². The van der Waals surface area contributed by atoms with Crippen LogP contribution in [-0.4, -0.2) is 48.7 Å². The van der Waals surface area contributed by atoms with E-state index in [0.717, 1.165) is 25.7 Å². The molecule has 0 aromatic carbocycles. The largest absolute Gasteiger partial charge is 0.374 e. The number of carbonyl (C=O) groups is 1.